The molecule has 2 atom stereocenters. The Bertz CT molecular complexity index is 1250. The summed E-state index contributed by atoms with van der Waals surface area (Å²) in [5.74, 6) is 0.00126. The first-order valence-corrected chi connectivity index (χ1v) is 15.3. The van der Waals surface area contributed by atoms with Crippen LogP contribution in [-0.4, -0.2) is 69.5 Å². The Balaban J connectivity index is 1.24. The predicted molar refractivity (Wildman–Crippen MR) is 150 cm³/mol. The Morgan fingerprint density at radius 3 is 2.36 bits per heavy atom. The zero-order chi connectivity index (χ0) is 28.3. The Morgan fingerprint density at radius 1 is 1.08 bits per heavy atom. The molecule has 2 aromatic carbocycles. The summed E-state index contributed by atoms with van der Waals surface area (Å²) < 4.78 is 47.8. The maximum absolute atomic E-state index is 13.8. The molecule has 1 saturated heterocycles. The van der Waals surface area contributed by atoms with Crippen molar-refractivity contribution >= 4 is 15.9 Å². The highest BCUT2D eigenvalue weighted by Gasteiger charge is 2.35. The molecule has 2 aliphatic rings. The summed E-state index contributed by atoms with van der Waals surface area (Å²) in [6.45, 7) is 6.17. The van der Waals surface area contributed by atoms with Gasteiger partial charge in [0.2, 0.25) is 15.9 Å². The van der Waals surface area contributed by atoms with Gasteiger partial charge in [-0.25, -0.2) is 12.8 Å². The van der Waals surface area contributed by atoms with Gasteiger partial charge in [-0.1, -0.05) is 29.8 Å². The quantitative estimate of drug-likeness (QED) is 0.489. The third kappa shape index (κ3) is 7.06. The fraction of sp³-hybridized carbons (Fsp3) is 0.567. The van der Waals surface area contributed by atoms with Crippen molar-refractivity contribution in [3.8, 4) is 0 Å². The molecule has 39 heavy (non-hydrogen) atoms. The number of nitrogens with one attached hydrogen (secondary N) is 1. The van der Waals surface area contributed by atoms with Crippen molar-refractivity contribution < 1.29 is 22.3 Å². The third-order valence-electron chi connectivity index (χ3n) is 8.09. The number of carbonyl (C=O) groups excluding carboxylic acids is 1. The summed E-state index contributed by atoms with van der Waals surface area (Å²) in [7, 11) is 0.431. The molecule has 1 saturated carbocycles. The molecule has 1 aliphatic carbocycles. The van der Waals surface area contributed by atoms with Crippen LogP contribution in [0, 0.1) is 32.5 Å². The van der Waals surface area contributed by atoms with Crippen LogP contribution < -0.4 is 5.32 Å². The van der Waals surface area contributed by atoms with Gasteiger partial charge in [0, 0.05) is 25.2 Å². The van der Waals surface area contributed by atoms with Crippen LogP contribution in [0.3, 0.4) is 0 Å². The van der Waals surface area contributed by atoms with E-state index in [9.17, 15) is 17.6 Å². The van der Waals surface area contributed by atoms with E-state index in [1.807, 2.05) is 53.1 Å². The number of sulfonamides is 1. The number of ether oxygens (including phenoxy) is 1. The summed E-state index contributed by atoms with van der Waals surface area (Å²) in [5, 5.41) is 3.10. The highest BCUT2D eigenvalue weighted by atomic mass is 32.2. The van der Waals surface area contributed by atoms with Crippen molar-refractivity contribution in [1.82, 2.24) is 14.5 Å². The summed E-state index contributed by atoms with van der Waals surface area (Å²) >= 11 is 0. The second kappa shape index (κ2) is 12.5. The van der Waals surface area contributed by atoms with E-state index >= 15 is 0 Å². The van der Waals surface area contributed by atoms with Gasteiger partial charge in [0.25, 0.3) is 0 Å². The number of rotatable bonds is 9. The summed E-state index contributed by atoms with van der Waals surface area (Å²) in [5.41, 5.74) is 3.52. The van der Waals surface area contributed by atoms with Crippen LogP contribution in [0.25, 0.3) is 0 Å². The van der Waals surface area contributed by atoms with Crippen LogP contribution in [0.4, 0.5) is 4.39 Å². The number of halogens is 1. The van der Waals surface area contributed by atoms with Crippen molar-refractivity contribution in [2.45, 2.75) is 76.0 Å². The highest BCUT2D eigenvalue weighted by Crippen LogP contribution is 2.37. The molecule has 2 fully saturated rings. The van der Waals surface area contributed by atoms with E-state index < -0.39 is 10.0 Å². The Morgan fingerprint density at radius 2 is 1.74 bits per heavy atom. The maximum Gasteiger partial charge on any atom is 0.246 e. The van der Waals surface area contributed by atoms with Crippen LogP contribution in [-0.2, 0) is 19.6 Å². The average Bonchev–Trinajstić information content (AvgIpc) is 3.33. The molecule has 9 heteroatoms. The van der Waals surface area contributed by atoms with Crippen molar-refractivity contribution in [3.63, 3.8) is 0 Å². The number of carbonyl (C=O) groups is 1. The lowest BCUT2D eigenvalue weighted by Gasteiger charge is -2.37. The van der Waals surface area contributed by atoms with Gasteiger partial charge in [-0.15, -0.1) is 0 Å². The van der Waals surface area contributed by atoms with Crippen molar-refractivity contribution in [3.05, 3.63) is 64.5 Å². The predicted octanol–water partition coefficient (Wildman–Crippen LogP) is 4.51. The lowest BCUT2D eigenvalue weighted by atomic mass is 9.78. The minimum atomic E-state index is -3.62. The van der Waals surface area contributed by atoms with E-state index in [2.05, 4.69) is 10.2 Å². The molecule has 0 aromatic heterocycles. The SMILES string of the molecule is Cc1cc(C)c(S(=O)(=O)N2CCC(OCC(=O)NC3CCC(C(c4cccc(F)c4)N(C)C)CC3)C2)c(C)c1. The zero-order valence-corrected chi connectivity index (χ0v) is 24.6. The first-order chi connectivity index (χ1) is 18.5. The minimum absolute atomic E-state index is 0.0787. The molecule has 7 nitrogen and oxygen atoms in total. The van der Waals surface area contributed by atoms with Crippen molar-refractivity contribution in [2.75, 3.05) is 33.8 Å². The first kappa shape index (κ1) is 29.6. The van der Waals surface area contributed by atoms with E-state index in [0.717, 1.165) is 47.9 Å². The first-order valence-electron chi connectivity index (χ1n) is 13.9. The monoisotopic (exact) mass is 559 g/mol. The summed E-state index contributed by atoms with van der Waals surface area (Å²) in [6, 6.07) is 10.8. The molecule has 1 aliphatic heterocycles. The molecule has 0 spiro atoms. The molecule has 2 aromatic rings. The van der Waals surface area contributed by atoms with Gasteiger partial charge in [0.1, 0.15) is 12.4 Å². The molecule has 1 N–H and O–H groups in total. The van der Waals surface area contributed by atoms with Gasteiger partial charge in [-0.05, 0) is 102 Å². The average molecular weight is 560 g/mol. The molecule has 2 unspecified atom stereocenters. The Hall–Kier alpha value is -2.33. The molecular formula is C30H42FN3O4S. The highest BCUT2D eigenvalue weighted by molar-refractivity contribution is 7.89. The van der Waals surface area contributed by atoms with Crippen LogP contribution in [0.1, 0.15) is 60.4 Å². The lowest BCUT2D eigenvalue weighted by molar-refractivity contribution is -0.128. The fourth-order valence-electron chi connectivity index (χ4n) is 6.48. The standard InChI is InChI=1S/C30H42FN3O4S/c1-20-15-21(2)30(22(3)16-20)39(36,37)34-14-13-27(18-34)38-19-28(35)32-26-11-9-23(10-12-26)29(33(4)5)24-7-6-8-25(31)17-24/h6-8,15-17,23,26-27,29H,9-14,18-19H2,1-5H3,(H,32,35). The smallest absolute Gasteiger partial charge is 0.246 e. The molecule has 214 valence electrons. The second-order valence-electron chi connectivity index (χ2n) is 11.5. The van der Waals surface area contributed by atoms with Crippen LogP contribution >= 0.6 is 0 Å². The maximum atomic E-state index is 13.8. The second-order valence-corrected chi connectivity index (χ2v) is 13.3. The Labute approximate surface area is 232 Å². The van der Waals surface area contributed by atoms with Crippen molar-refractivity contribution in [1.29, 1.82) is 0 Å². The minimum Gasteiger partial charge on any atom is -0.367 e. The molecule has 4 rings (SSSR count). The topological polar surface area (TPSA) is 78.9 Å². The zero-order valence-electron chi connectivity index (χ0n) is 23.7. The van der Waals surface area contributed by atoms with Gasteiger partial charge in [-0.2, -0.15) is 4.31 Å². The van der Waals surface area contributed by atoms with Crippen LogP contribution in [0.2, 0.25) is 0 Å². The molecule has 1 amide bonds. The van der Waals surface area contributed by atoms with Crippen LogP contribution in [0.15, 0.2) is 41.3 Å². The Kier molecular flexibility index (Phi) is 9.47. The van der Waals surface area contributed by atoms with E-state index in [4.69, 9.17) is 4.74 Å². The number of hydrogen-bond donors (Lipinski definition) is 1. The fourth-order valence-corrected chi connectivity index (χ4v) is 8.38. The van der Waals surface area contributed by atoms with E-state index in [1.54, 1.807) is 12.1 Å². The molecule has 0 radical (unpaired) electrons. The molecule has 0 bridgehead atoms. The van der Waals surface area contributed by atoms with E-state index in [1.165, 1.54) is 10.4 Å². The van der Waals surface area contributed by atoms with Gasteiger partial charge in [0.05, 0.1) is 11.0 Å². The largest absolute Gasteiger partial charge is 0.367 e. The molecular weight excluding hydrogens is 517 g/mol. The normalized spacial score (nSPS) is 23.2. The van der Waals surface area contributed by atoms with E-state index in [-0.39, 0.29) is 43.1 Å². The molecule has 1 heterocycles. The van der Waals surface area contributed by atoms with Gasteiger partial charge >= 0.3 is 0 Å². The number of amides is 1. The lowest BCUT2D eigenvalue weighted by Crippen LogP contribution is -2.42. The number of aryl methyl sites for hydroxylation is 3. The van der Waals surface area contributed by atoms with Gasteiger partial charge in [0.15, 0.2) is 0 Å². The number of benzene rings is 2. The van der Waals surface area contributed by atoms with Crippen LogP contribution in [0.5, 0.6) is 0 Å². The summed E-state index contributed by atoms with van der Waals surface area (Å²) in [6.07, 6.45) is 3.87. The van der Waals surface area contributed by atoms with E-state index in [0.29, 0.717) is 23.8 Å². The third-order valence-corrected chi connectivity index (χ3v) is 10.3. The number of hydrogen-bond acceptors (Lipinski definition) is 5. The van der Waals surface area contributed by atoms with Gasteiger partial charge in [-0.3, -0.25) is 4.79 Å². The van der Waals surface area contributed by atoms with Gasteiger partial charge < -0.3 is 15.0 Å². The summed E-state index contributed by atoms with van der Waals surface area (Å²) in [4.78, 5) is 15.2. The van der Waals surface area contributed by atoms with Crippen molar-refractivity contribution in [2.24, 2.45) is 5.92 Å². The number of nitrogens with zero attached hydrogens (tertiary/aromatic N) is 2.